The maximum Gasteiger partial charge on any atom is 0.245 e. The van der Waals surface area contributed by atoms with Crippen molar-refractivity contribution in [3.63, 3.8) is 0 Å². The lowest BCUT2D eigenvalue weighted by atomic mass is 10.0. The average molecular weight is 264 g/mol. The highest BCUT2D eigenvalue weighted by Gasteiger charge is 2.40. The van der Waals surface area contributed by atoms with E-state index in [2.05, 4.69) is 5.32 Å². The van der Waals surface area contributed by atoms with Gasteiger partial charge in [0, 0.05) is 19.5 Å². The van der Waals surface area contributed by atoms with Gasteiger partial charge in [-0.3, -0.25) is 9.59 Å². The molecule has 3 rings (SSSR count). The fourth-order valence-corrected chi connectivity index (χ4v) is 3.46. The van der Waals surface area contributed by atoms with Crippen molar-refractivity contribution in [2.24, 2.45) is 11.8 Å². The number of hydrogen-bond acceptors (Lipinski definition) is 2. The molecule has 1 atom stereocenters. The molecule has 19 heavy (non-hydrogen) atoms. The molecule has 4 nitrogen and oxygen atoms in total. The predicted octanol–water partition coefficient (Wildman–Crippen LogP) is 1.69. The second-order valence-corrected chi connectivity index (χ2v) is 6.40. The van der Waals surface area contributed by atoms with Crippen LogP contribution in [0, 0.1) is 11.8 Å². The van der Waals surface area contributed by atoms with Crippen LogP contribution in [0.5, 0.6) is 0 Å². The molecule has 106 valence electrons. The number of carbonyl (C=O) groups excluding carboxylic acids is 2. The Morgan fingerprint density at radius 3 is 2.53 bits per heavy atom. The summed E-state index contributed by atoms with van der Waals surface area (Å²) in [5.41, 5.74) is 0. The van der Waals surface area contributed by atoms with Gasteiger partial charge in [-0.15, -0.1) is 0 Å². The fraction of sp³-hybridized carbons (Fsp3) is 0.867. The third kappa shape index (κ3) is 3.10. The van der Waals surface area contributed by atoms with Crippen molar-refractivity contribution >= 4 is 11.8 Å². The van der Waals surface area contributed by atoms with E-state index in [9.17, 15) is 9.59 Å². The van der Waals surface area contributed by atoms with Crippen LogP contribution in [0.25, 0.3) is 0 Å². The highest BCUT2D eigenvalue weighted by Crippen LogP contribution is 2.34. The smallest absolute Gasteiger partial charge is 0.245 e. The van der Waals surface area contributed by atoms with E-state index in [4.69, 9.17) is 0 Å². The molecule has 0 aromatic heterocycles. The Morgan fingerprint density at radius 2 is 1.84 bits per heavy atom. The number of carbonyl (C=O) groups is 2. The van der Waals surface area contributed by atoms with E-state index in [1.807, 2.05) is 4.90 Å². The van der Waals surface area contributed by atoms with Crippen LogP contribution < -0.4 is 5.32 Å². The lowest BCUT2D eigenvalue weighted by Gasteiger charge is -2.25. The highest BCUT2D eigenvalue weighted by molar-refractivity contribution is 5.90. The molecule has 1 saturated heterocycles. The minimum atomic E-state index is -0.224. The molecule has 1 aliphatic heterocycles. The summed E-state index contributed by atoms with van der Waals surface area (Å²) >= 11 is 0. The van der Waals surface area contributed by atoms with Crippen LogP contribution in [0.15, 0.2) is 0 Å². The Labute approximate surface area is 114 Å². The molecule has 0 aromatic carbocycles. The zero-order chi connectivity index (χ0) is 13.2. The van der Waals surface area contributed by atoms with Crippen LogP contribution in [-0.2, 0) is 9.59 Å². The molecule has 1 unspecified atom stereocenters. The van der Waals surface area contributed by atoms with Crippen LogP contribution >= 0.6 is 0 Å². The largest absolute Gasteiger partial charge is 0.344 e. The topological polar surface area (TPSA) is 49.4 Å². The lowest BCUT2D eigenvalue weighted by Crippen LogP contribution is -2.46. The van der Waals surface area contributed by atoms with Gasteiger partial charge in [0.1, 0.15) is 6.04 Å². The molecule has 0 bridgehead atoms. The molecule has 0 spiro atoms. The molecule has 2 aliphatic carbocycles. The number of rotatable bonds is 4. The second-order valence-electron chi connectivity index (χ2n) is 6.40. The molecular weight excluding hydrogens is 240 g/mol. The van der Waals surface area contributed by atoms with E-state index in [0.29, 0.717) is 18.9 Å². The van der Waals surface area contributed by atoms with Gasteiger partial charge < -0.3 is 10.2 Å². The van der Waals surface area contributed by atoms with E-state index >= 15 is 0 Å². The molecule has 1 N–H and O–H groups in total. The minimum Gasteiger partial charge on any atom is -0.344 e. The highest BCUT2D eigenvalue weighted by atomic mass is 16.2. The molecule has 2 saturated carbocycles. The number of hydrogen-bond donors (Lipinski definition) is 1. The molecule has 0 aromatic rings. The van der Waals surface area contributed by atoms with E-state index in [1.165, 1.54) is 25.7 Å². The average Bonchev–Trinajstić information content (AvgIpc) is 3.13. The Bertz CT molecular complexity index is 359. The van der Waals surface area contributed by atoms with E-state index in [0.717, 1.165) is 31.7 Å². The Hall–Kier alpha value is -1.06. The Morgan fingerprint density at radius 1 is 1.11 bits per heavy atom. The van der Waals surface area contributed by atoms with Crippen molar-refractivity contribution < 1.29 is 9.59 Å². The molecular formula is C15H24N2O2. The first kappa shape index (κ1) is 12.9. The van der Waals surface area contributed by atoms with Gasteiger partial charge in [0.2, 0.25) is 11.8 Å². The predicted molar refractivity (Wildman–Crippen MR) is 72.4 cm³/mol. The summed E-state index contributed by atoms with van der Waals surface area (Å²) in [6.07, 6.45) is 9.13. The summed E-state index contributed by atoms with van der Waals surface area (Å²) in [6.45, 7) is 1.46. The summed E-state index contributed by atoms with van der Waals surface area (Å²) in [7, 11) is 0. The van der Waals surface area contributed by atoms with Gasteiger partial charge in [-0.2, -0.15) is 0 Å². The fourth-order valence-electron chi connectivity index (χ4n) is 3.46. The minimum absolute atomic E-state index is 0.0496. The number of amides is 2. The van der Waals surface area contributed by atoms with Crippen LogP contribution in [0.2, 0.25) is 0 Å². The maximum atomic E-state index is 12.5. The van der Waals surface area contributed by atoms with Crippen LogP contribution in [0.1, 0.15) is 51.4 Å². The van der Waals surface area contributed by atoms with Crippen molar-refractivity contribution in [3.05, 3.63) is 0 Å². The van der Waals surface area contributed by atoms with Gasteiger partial charge in [0.25, 0.3) is 0 Å². The van der Waals surface area contributed by atoms with Gasteiger partial charge in [0.15, 0.2) is 0 Å². The van der Waals surface area contributed by atoms with Crippen molar-refractivity contribution in [2.45, 2.75) is 57.4 Å². The Kier molecular flexibility index (Phi) is 3.76. The van der Waals surface area contributed by atoms with Crippen LogP contribution in [0.4, 0.5) is 0 Å². The first-order valence-electron chi connectivity index (χ1n) is 7.82. The van der Waals surface area contributed by atoms with Gasteiger partial charge in [-0.25, -0.2) is 0 Å². The van der Waals surface area contributed by atoms with E-state index in [-0.39, 0.29) is 17.9 Å². The molecule has 4 heteroatoms. The zero-order valence-corrected chi connectivity index (χ0v) is 11.6. The standard InChI is InChI=1S/C15H24N2O2/c18-13-8-10-17(9-7-11-3-1-2-4-11)15(19)14(16-13)12-5-6-12/h11-12,14H,1-10H2,(H,16,18). The molecule has 0 radical (unpaired) electrons. The van der Waals surface area contributed by atoms with E-state index < -0.39 is 0 Å². The third-order valence-electron chi connectivity index (χ3n) is 4.88. The number of nitrogens with zero attached hydrogens (tertiary/aromatic N) is 1. The van der Waals surface area contributed by atoms with Gasteiger partial charge in [-0.1, -0.05) is 25.7 Å². The maximum absolute atomic E-state index is 12.5. The quantitative estimate of drug-likeness (QED) is 0.840. The Balaban J connectivity index is 1.58. The second kappa shape index (κ2) is 5.51. The molecule has 3 aliphatic rings. The third-order valence-corrected chi connectivity index (χ3v) is 4.88. The molecule has 3 fully saturated rings. The van der Waals surface area contributed by atoms with Crippen molar-refractivity contribution in [1.82, 2.24) is 10.2 Å². The van der Waals surface area contributed by atoms with Gasteiger partial charge in [-0.05, 0) is 31.1 Å². The van der Waals surface area contributed by atoms with Crippen molar-refractivity contribution in [1.29, 1.82) is 0 Å². The van der Waals surface area contributed by atoms with Crippen molar-refractivity contribution in [2.75, 3.05) is 13.1 Å². The van der Waals surface area contributed by atoms with E-state index in [1.54, 1.807) is 0 Å². The molecule has 2 amide bonds. The van der Waals surface area contributed by atoms with Crippen LogP contribution in [0.3, 0.4) is 0 Å². The molecule has 1 heterocycles. The summed E-state index contributed by atoms with van der Waals surface area (Å²) in [5, 5.41) is 2.92. The SMILES string of the molecule is O=C1CCN(CCC2CCCC2)C(=O)C(C2CC2)N1. The monoisotopic (exact) mass is 264 g/mol. The summed E-state index contributed by atoms with van der Waals surface area (Å²) < 4.78 is 0. The first-order chi connectivity index (χ1) is 9.24. The summed E-state index contributed by atoms with van der Waals surface area (Å²) in [4.78, 5) is 26.1. The normalized spacial score (nSPS) is 29.5. The number of nitrogens with one attached hydrogen (secondary N) is 1. The summed E-state index contributed by atoms with van der Waals surface area (Å²) in [5.74, 6) is 1.43. The summed E-state index contributed by atoms with van der Waals surface area (Å²) in [6, 6.07) is -0.224. The zero-order valence-electron chi connectivity index (χ0n) is 11.6. The lowest BCUT2D eigenvalue weighted by molar-refractivity contribution is -0.134. The van der Waals surface area contributed by atoms with Gasteiger partial charge in [0.05, 0.1) is 0 Å². The van der Waals surface area contributed by atoms with Crippen LogP contribution in [-0.4, -0.2) is 35.8 Å². The van der Waals surface area contributed by atoms with Gasteiger partial charge >= 0.3 is 0 Å². The first-order valence-corrected chi connectivity index (χ1v) is 7.82. The van der Waals surface area contributed by atoms with Crippen molar-refractivity contribution in [3.8, 4) is 0 Å².